The van der Waals surface area contributed by atoms with E-state index in [0.29, 0.717) is 0 Å². The second-order valence-corrected chi connectivity index (χ2v) is 18.2. The maximum Gasteiger partial charge on any atom is 0.308 e. The van der Waals surface area contributed by atoms with E-state index in [0.717, 1.165) is 0 Å². The first-order chi connectivity index (χ1) is 32.2. The number of aliphatic hydroxyl groups excluding tert-OH is 10. The van der Waals surface area contributed by atoms with E-state index in [1.54, 1.807) is 81.5 Å². The van der Waals surface area contributed by atoms with Crippen LogP contribution in [0.15, 0.2) is 85.1 Å². The topological polar surface area (TPSA) is 332 Å². The van der Waals surface area contributed by atoms with E-state index in [-0.39, 0.29) is 44.6 Å². The number of ether oxygens (including phenoxy) is 4. The molecule has 1 amide bonds. The molecule has 0 aromatic heterocycles. The Labute approximate surface area is 399 Å². The van der Waals surface area contributed by atoms with Gasteiger partial charge in [0.15, 0.2) is 12.1 Å². The monoisotopic (exact) mass is 967 g/mol. The third kappa shape index (κ3) is 19.7. The highest BCUT2D eigenvalue weighted by Crippen LogP contribution is 2.38. The summed E-state index contributed by atoms with van der Waals surface area (Å²) in [4.78, 5) is 26.1. The van der Waals surface area contributed by atoms with Gasteiger partial charge < -0.3 is 86.2 Å². The second-order valence-electron chi connectivity index (χ2n) is 18.2. The highest BCUT2D eigenvalue weighted by Gasteiger charge is 2.51. The molecule has 19 atom stereocenters. The van der Waals surface area contributed by atoms with Crippen LogP contribution >= 0.6 is 0 Å². The fraction of sp³-hybridized carbons (Fsp3) is 0.673. The predicted molar refractivity (Wildman–Crippen MR) is 249 cm³/mol. The van der Waals surface area contributed by atoms with Gasteiger partial charge in [-0.15, -0.1) is 0 Å². The molecule has 2 saturated heterocycles. The third-order valence-corrected chi connectivity index (χ3v) is 12.5. The van der Waals surface area contributed by atoms with E-state index in [1.165, 1.54) is 0 Å². The molecule has 0 aromatic rings. The Morgan fingerprint density at radius 1 is 0.706 bits per heavy atom. The lowest BCUT2D eigenvalue weighted by molar-refractivity contribution is -0.308. The molecule has 19 nitrogen and oxygen atoms in total. The molecular weight excluding hydrogens is 889 g/mol. The SMILES string of the molecule is C[C@@H]1[C@H](O)[C@@H](C)\C=C/C=C\C=C/C=C\C=C/C=C\C=C\[C@H](O[C@H]2O[C@@H](C)[C@H](O)[C@@H](N)[C@H]2O)C[C@@H]2O[C@](O)(C[C@@H](O)[C@H](O)CC[C@@H](O)C[C@@H](O)C[C@@H](O)CC(=O)O[C@H]1C)C[C@H](O)[C@H]2C(=O)NCCO. The molecule has 386 valence electrons. The zero-order valence-corrected chi connectivity index (χ0v) is 39.5. The van der Waals surface area contributed by atoms with Gasteiger partial charge in [-0.2, -0.15) is 0 Å². The van der Waals surface area contributed by atoms with E-state index in [1.807, 2.05) is 31.2 Å². The van der Waals surface area contributed by atoms with Gasteiger partial charge in [-0.3, -0.25) is 9.59 Å². The van der Waals surface area contributed by atoms with E-state index in [4.69, 9.17) is 24.7 Å². The quantitative estimate of drug-likeness (QED) is 0.158. The minimum atomic E-state index is -2.33. The molecule has 14 N–H and O–H groups in total. The maximum absolute atomic E-state index is 13.4. The van der Waals surface area contributed by atoms with Crippen molar-refractivity contribution in [2.45, 2.75) is 177 Å². The van der Waals surface area contributed by atoms with Crippen LogP contribution in [0.4, 0.5) is 0 Å². The standard InChI is InChI=1S/C49H78N2O17/c1-29-17-15-13-11-9-7-5-6-8-10-12-14-16-18-36(67-48-46(62)43(50)45(61)32(4)66-48)26-40-42(47(63)51-21-22-52)39(58)28-49(64,68-40)27-38(57)37(56)20-19-33(53)23-34(54)24-35(55)25-41(59)65-31(3)30(2)44(29)60/h5-18,29-40,42-46,48,52-58,60-62,64H,19-28,50H2,1-4H3,(H,51,63)/b6-5-,9-7-,10-8-,13-11-,14-12-,17-15-,18-16+/t29-,30-,31-,32-,33+,34+,35+,36-,37+,38+,39-,40-,42+,43+,44+,45-,46+,48+,49+/m0/s1. The number of esters is 1. The Morgan fingerprint density at radius 2 is 1.26 bits per heavy atom. The Bertz CT molecular complexity index is 1720. The fourth-order valence-corrected chi connectivity index (χ4v) is 8.27. The first-order valence-corrected chi connectivity index (χ1v) is 23.5. The van der Waals surface area contributed by atoms with Crippen LogP contribution in [0.25, 0.3) is 0 Å². The van der Waals surface area contributed by atoms with E-state index >= 15 is 0 Å². The van der Waals surface area contributed by atoms with Gasteiger partial charge in [-0.25, -0.2) is 0 Å². The number of carbonyl (C=O) groups is 2. The largest absolute Gasteiger partial charge is 0.462 e. The van der Waals surface area contributed by atoms with Gasteiger partial charge in [-0.05, 0) is 39.5 Å². The van der Waals surface area contributed by atoms with E-state index < -0.39 is 147 Å². The zero-order chi connectivity index (χ0) is 50.6. The van der Waals surface area contributed by atoms with Gasteiger partial charge in [0.05, 0.1) is 92.1 Å². The molecule has 0 unspecified atom stereocenters. The number of hydrogen-bond donors (Lipinski definition) is 13. The molecule has 3 aliphatic heterocycles. The first-order valence-electron chi connectivity index (χ1n) is 23.5. The van der Waals surface area contributed by atoms with Gasteiger partial charge in [0.2, 0.25) is 5.91 Å². The Kier molecular flexibility index (Phi) is 25.6. The molecule has 0 spiro atoms. The number of nitrogens with one attached hydrogen (secondary N) is 1. The Balaban J connectivity index is 1.91. The van der Waals surface area contributed by atoms with Crippen molar-refractivity contribution in [3.8, 4) is 0 Å². The van der Waals surface area contributed by atoms with Crippen molar-refractivity contribution in [3.63, 3.8) is 0 Å². The number of cyclic esters (lactones) is 1. The molecule has 19 heteroatoms. The summed E-state index contributed by atoms with van der Waals surface area (Å²) >= 11 is 0. The van der Waals surface area contributed by atoms with Crippen LogP contribution in [0.5, 0.6) is 0 Å². The van der Waals surface area contributed by atoms with Gasteiger partial charge >= 0.3 is 5.97 Å². The number of hydrogen-bond acceptors (Lipinski definition) is 18. The first kappa shape index (κ1) is 58.8. The molecule has 3 aliphatic rings. The number of carbonyl (C=O) groups excluding carboxylic acids is 2. The van der Waals surface area contributed by atoms with Crippen LogP contribution in [0.2, 0.25) is 0 Å². The van der Waals surface area contributed by atoms with Gasteiger partial charge in [0, 0.05) is 37.6 Å². The van der Waals surface area contributed by atoms with Crippen LogP contribution in [0.3, 0.4) is 0 Å². The molecule has 0 aromatic carbocycles. The Morgan fingerprint density at radius 3 is 1.87 bits per heavy atom. The summed E-state index contributed by atoms with van der Waals surface area (Å²) in [5.74, 6) is -5.88. The van der Waals surface area contributed by atoms with E-state index in [2.05, 4.69) is 5.32 Å². The van der Waals surface area contributed by atoms with Crippen molar-refractivity contribution in [1.82, 2.24) is 5.32 Å². The lowest BCUT2D eigenvalue weighted by Gasteiger charge is -2.46. The minimum Gasteiger partial charge on any atom is -0.462 e. The van der Waals surface area contributed by atoms with Crippen LogP contribution in [0, 0.1) is 17.8 Å². The minimum absolute atomic E-state index is 0.135. The molecule has 2 bridgehead atoms. The molecule has 3 rings (SSSR count). The summed E-state index contributed by atoms with van der Waals surface area (Å²) in [6.45, 7) is 6.19. The van der Waals surface area contributed by atoms with Crippen LogP contribution in [-0.2, 0) is 28.5 Å². The predicted octanol–water partition coefficient (Wildman–Crippen LogP) is -0.264. The van der Waals surface area contributed by atoms with Crippen molar-refractivity contribution in [1.29, 1.82) is 0 Å². The molecule has 0 aliphatic carbocycles. The second kappa shape index (κ2) is 29.6. The highest BCUT2D eigenvalue weighted by atomic mass is 16.7. The number of nitrogens with two attached hydrogens (primary N) is 1. The summed E-state index contributed by atoms with van der Waals surface area (Å²) in [5.41, 5.74) is 6.07. The summed E-state index contributed by atoms with van der Waals surface area (Å²) in [7, 11) is 0. The van der Waals surface area contributed by atoms with Crippen molar-refractivity contribution in [2.24, 2.45) is 23.5 Å². The average molecular weight is 967 g/mol. The molecule has 3 heterocycles. The maximum atomic E-state index is 13.4. The van der Waals surface area contributed by atoms with Gasteiger partial charge in [0.1, 0.15) is 12.2 Å². The fourth-order valence-electron chi connectivity index (χ4n) is 8.27. The molecule has 68 heavy (non-hydrogen) atoms. The summed E-state index contributed by atoms with van der Waals surface area (Å²) < 4.78 is 23.5. The number of fused-ring (bicyclic) bond motifs is 2. The summed E-state index contributed by atoms with van der Waals surface area (Å²) in [6, 6.07) is -1.14. The van der Waals surface area contributed by atoms with Crippen LogP contribution in [0.1, 0.15) is 79.1 Å². The third-order valence-electron chi connectivity index (χ3n) is 12.5. The highest BCUT2D eigenvalue weighted by molar-refractivity contribution is 5.80. The normalized spacial score (nSPS) is 44.0. The lowest BCUT2D eigenvalue weighted by Crippen LogP contribution is -2.62. The van der Waals surface area contributed by atoms with Gasteiger partial charge in [-0.1, -0.05) is 98.9 Å². The summed E-state index contributed by atoms with van der Waals surface area (Å²) in [5, 5.41) is 121. The average Bonchev–Trinajstić information content (AvgIpc) is 3.26. The van der Waals surface area contributed by atoms with Crippen LogP contribution in [-0.4, -0.2) is 179 Å². The smallest absolute Gasteiger partial charge is 0.308 e. The van der Waals surface area contributed by atoms with E-state index in [9.17, 15) is 65.8 Å². The lowest BCUT2D eigenvalue weighted by atomic mass is 9.82. The van der Waals surface area contributed by atoms with Crippen molar-refractivity contribution >= 4 is 11.9 Å². The van der Waals surface area contributed by atoms with Crippen molar-refractivity contribution in [2.75, 3.05) is 13.2 Å². The summed E-state index contributed by atoms with van der Waals surface area (Å²) in [6.07, 6.45) is 4.18. The number of rotatable bonds is 5. The van der Waals surface area contributed by atoms with Crippen molar-refractivity contribution in [3.05, 3.63) is 85.1 Å². The number of aliphatic hydroxyl groups is 11. The molecule has 0 saturated carbocycles. The Hall–Kier alpha value is -3.48. The van der Waals surface area contributed by atoms with Crippen LogP contribution < -0.4 is 11.1 Å². The number of allylic oxidation sites excluding steroid dienone is 12. The molecular formula is C49H78N2O17. The molecule has 2 fully saturated rings. The number of amides is 1. The zero-order valence-electron chi connectivity index (χ0n) is 39.5. The van der Waals surface area contributed by atoms with Crippen molar-refractivity contribution < 1.29 is 84.7 Å². The molecule has 0 radical (unpaired) electrons. The van der Waals surface area contributed by atoms with Gasteiger partial charge in [0.25, 0.3) is 0 Å².